The lowest BCUT2D eigenvalue weighted by molar-refractivity contribution is 0.198. The summed E-state index contributed by atoms with van der Waals surface area (Å²) >= 11 is 0. The van der Waals surface area contributed by atoms with Crippen LogP contribution in [0.5, 0.6) is 0 Å². The molecule has 2 aliphatic rings. The van der Waals surface area contributed by atoms with E-state index in [9.17, 15) is 4.39 Å². The minimum atomic E-state index is -0.174. The van der Waals surface area contributed by atoms with Gasteiger partial charge in [-0.1, -0.05) is 18.6 Å². The Kier molecular flexibility index (Phi) is 10.4. The minimum Gasteiger partial charge on any atom is -0.356 e. The second-order valence-corrected chi connectivity index (χ2v) is 8.92. The zero-order valence-electron chi connectivity index (χ0n) is 19.6. The van der Waals surface area contributed by atoms with Crippen molar-refractivity contribution in [2.24, 2.45) is 4.99 Å². The fourth-order valence-electron chi connectivity index (χ4n) is 4.65. The van der Waals surface area contributed by atoms with Crippen molar-refractivity contribution in [3.63, 3.8) is 0 Å². The second-order valence-electron chi connectivity index (χ2n) is 8.92. The Morgan fingerprint density at radius 1 is 1.09 bits per heavy atom. The van der Waals surface area contributed by atoms with E-state index in [2.05, 4.69) is 35.3 Å². The summed E-state index contributed by atoms with van der Waals surface area (Å²) in [7, 11) is 1.83. The monoisotopic (exact) mass is 569 g/mol. The summed E-state index contributed by atoms with van der Waals surface area (Å²) < 4.78 is 15.4. The van der Waals surface area contributed by atoms with Crippen LogP contribution in [0.25, 0.3) is 0 Å². The van der Waals surface area contributed by atoms with Crippen molar-refractivity contribution >= 4 is 29.9 Å². The van der Waals surface area contributed by atoms with Crippen LogP contribution in [0, 0.1) is 5.82 Å². The summed E-state index contributed by atoms with van der Waals surface area (Å²) in [6, 6.07) is 7.26. The first-order valence-electron chi connectivity index (χ1n) is 12.1. The maximum absolute atomic E-state index is 13.1. The van der Waals surface area contributed by atoms with Crippen molar-refractivity contribution in [3.8, 4) is 0 Å². The minimum absolute atomic E-state index is 0. The number of guanidine groups is 1. The molecule has 0 saturated carbocycles. The third kappa shape index (κ3) is 7.63. The number of nitrogens with one attached hydrogen (secondary N) is 2. The molecule has 0 radical (unpaired) electrons. The molecule has 0 amide bonds. The van der Waals surface area contributed by atoms with Crippen molar-refractivity contribution in [1.29, 1.82) is 0 Å². The summed E-state index contributed by atoms with van der Waals surface area (Å²) in [5, 5.41) is 15.9. The number of fused-ring (bicyclic) bond motifs is 1. The highest BCUT2D eigenvalue weighted by Crippen LogP contribution is 2.16. The average Bonchev–Trinajstić information content (AvgIpc) is 3.04. The maximum atomic E-state index is 13.1. The van der Waals surface area contributed by atoms with Gasteiger partial charge in [0.1, 0.15) is 17.5 Å². The summed E-state index contributed by atoms with van der Waals surface area (Å²) in [5.41, 5.74) is 1.17. The van der Waals surface area contributed by atoms with E-state index in [0.29, 0.717) is 6.04 Å². The van der Waals surface area contributed by atoms with Crippen LogP contribution in [0.2, 0.25) is 0 Å². The van der Waals surface area contributed by atoms with Crippen LogP contribution in [0.1, 0.15) is 55.7 Å². The van der Waals surface area contributed by atoms with E-state index in [1.165, 1.54) is 24.8 Å². The van der Waals surface area contributed by atoms with Gasteiger partial charge in [0.05, 0.1) is 0 Å². The molecule has 0 bridgehead atoms. The van der Waals surface area contributed by atoms with E-state index >= 15 is 0 Å². The first-order valence-corrected chi connectivity index (χ1v) is 12.1. The number of benzene rings is 1. The normalized spacial score (nSPS) is 17.7. The molecule has 0 spiro atoms. The van der Waals surface area contributed by atoms with Gasteiger partial charge >= 0.3 is 0 Å². The van der Waals surface area contributed by atoms with E-state index in [0.717, 1.165) is 82.4 Å². The molecule has 9 heteroatoms. The number of aryl methyl sites for hydroxylation is 2. The number of aliphatic imine (C=N–C) groups is 1. The van der Waals surface area contributed by atoms with Crippen LogP contribution >= 0.6 is 24.0 Å². The second kappa shape index (κ2) is 13.2. The van der Waals surface area contributed by atoms with E-state index in [1.54, 1.807) is 12.1 Å². The van der Waals surface area contributed by atoms with Crippen LogP contribution in [0.15, 0.2) is 29.3 Å². The van der Waals surface area contributed by atoms with Gasteiger partial charge in [0.15, 0.2) is 5.96 Å². The van der Waals surface area contributed by atoms with Crippen molar-refractivity contribution in [3.05, 3.63) is 47.3 Å². The number of hydrogen-bond donors (Lipinski definition) is 2. The van der Waals surface area contributed by atoms with Gasteiger partial charge in [-0.25, -0.2) is 4.39 Å². The van der Waals surface area contributed by atoms with E-state index < -0.39 is 0 Å². The first-order chi connectivity index (χ1) is 15.7. The number of hydrogen-bond acceptors (Lipinski definition) is 4. The standard InChI is InChI=1S/C24H36FN7.HI/c1-26-24(27-14-5-7-23-30-29-22-6-3-2-4-15-32(22)23)28-21-12-16-31(17-13-21)18-19-8-10-20(25)11-9-19;/h8-11,21H,2-7,12-18H2,1H3,(H2,26,27,28);1H. The third-order valence-electron chi connectivity index (χ3n) is 6.53. The average molecular weight is 570 g/mol. The summed E-state index contributed by atoms with van der Waals surface area (Å²) in [6.45, 7) is 4.87. The van der Waals surface area contributed by atoms with E-state index in [4.69, 9.17) is 0 Å². The van der Waals surface area contributed by atoms with Crippen molar-refractivity contribution in [2.45, 2.75) is 70.5 Å². The molecule has 33 heavy (non-hydrogen) atoms. The largest absolute Gasteiger partial charge is 0.356 e. The molecule has 2 N–H and O–H groups in total. The Balaban J connectivity index is 0.00000306. The Morgan fingerprint density at radius 2 is 1.88 bits per heavy atom. The molecule has 0 aliphatic carbocycles. The highest BCUT2D eigenvalue weighted by atomic mass is 127. The Labute approximate surface area is 213 Å². The molecule has 1 aromatic carbocycles. The van der Waals surface area contributed by atoms with Gasteiger partial charge in [0.25, 0.3) is 0 Å². The lowest BCUT2D eigenvalue weighted by atomic mass is 10.0. The SMILES string of the molecule is CN=C(NCCCc1nnc2n1CCCCC2)NC1CCN(Cc2ccc(F)cc2)CC1.I. The van der Waals surface area contributed by atoms with Gasteiger partial charge in [0, 0.05) is 58.7 Å². The van der Waals surface area contributed by atoms with Crippen molar-refractivity contribution < 1.29 is 4.39 Å². The molecule has 1 fully saturated rings. The van der Waals surface area contributed by atoms with Crippen LogP contribution in [-0.4, -0.2) is 58.3 Å². The Morgan fingerprint density at radius 3 is 2.64 bits per heavy atom. The number of piperidine rings is 1. The molecule has 0 atom stereocenters. The summed E-state index contributed by atoms with van der Waals surface area (Å²) in [6.07, 6.45) is 8.92. The summed E-state index contributed by atoms with van der Waals surface area (Å²) in [5.74, 6) is 2.99. The maximum Gasteiger partial charge on any atom is 0.191 e. The van der Waals surface area contributed by atoms with Crippen molar-refractivity contribution in [2.75, 3.05) is 26.7 Å². The van der Waals surface area contributed by atoms with Crippen LogP contribution in [0.4, 0.5) is 4.39 Å². The number of halogens is 2. The van der Waals surface area contributed by atoms with E-state index in [1.807, 2.05) is 19.2 Å². The third-order valence-corrected chi connectivity index (χ3v) is 6.53. The van der Waals surface area contributed by atoms with Gasteiger partial charge in [-0.05, 0) is 49.8 Å². The number of nitrogens with zero attached hydrogens (tertiary/aromatic N) is 5. The van der Waals surface area contributed by atoms with Gasteiger partial charge in [-0.3, -0.25) is 9.89 Å². The molecule has 4 rings (SSSR count). The number of rotatable bonds is 7. The van der Waals surface area contributed by atoms with E-state index in [-0.39, 0.29) is 29.8 Å². The van der Waals surface area contributed by atoms with Crippen LogP contribution in [-0.2, 0) is 25.9 Å². The molecule has 0 unspecified atom stereocenters. The molecule has 1 aromatic heterocycles. The van der Waals surface area contributed by atoms with Crippen LogP contribution < -0.4 is 10.6 Å². The number of likely N-dealkylation sites (tertiary alicyclic amines) is 1. The van der Waals surface area contributed by atoms with Gasteiger partial charge in [0.2, 0.25) is 0 Å². The predicted octanol–water partition coefficient (Wildman–Crippen LogP) is 3.52. The molecule has 2 aromatic rings. The molecule has 3 heterocycles. The Hall–Kier alpha value is -1.75. The lowest BCUT2D eigenvalue weighted by Crippen LogP contribution is -2.48. The molecular weight excluding hydrogens is 532 g/mol. The molecule has 1 saturated heterocycles. The molecule has 2 aliphatic heterocycles. The van der Waals surface area contributed by atoms with Gasteiger partial charge < -0.3 is 15.2 Å². The Bertz CT molecular complexity index is 875. The predicted molar refractivity (Wildman–Crippen MR) is 141 cm³/mol. The smallest absolute Gasteiger partial charge is 0.191 e. The lowest BCUT2D eigenvalue weighted by Gasteiger charge is -2.33. The zero-order valence-corrected chi connectivity index (χ0v) is 21.9. The fraction of sp³-hybridized carbons (Fsp3) is 0.625. The molecule has 7 nitrogen and oxygen atoms in total. The van der Waals surface area contributed by atoms with Gasteiger partial charge in [-0.15, -0.1) is 34.2 Å². The fourth-order valence-corrected chi connectivity index (χ4v) is 4.65. The van der Waals surface area contributed by atoms with Gasteiger partial charge in [-0.2, -0.15) is 0 Å². The zero-order chi connectivity index (χ0) is 22.2. The summed E-state index contributed by atoms with van der Waals surface area (Å²) in [4.78, 5) is 6.84. The van der Waals surface area contributed by atoms with Crippen molar-refractivity contribution in [1.82, 2.24) is 30.3 Å². The highest BCUT2D eigenvalue weighted by Gasteiger charge is 2.20. The van der Waals surface area contributed by atoms with Crippen LogP contribution in [0.3, 0.4) is 0 Å². The topological polar surface area (TPSA) is 70.4 Å². The first kappa shape index (κ1) is 25.9. The quantitative estimate of drug-likeness (QED) is 0.231. The molecule has 182 valence electrons. The number of aromatic nitrogens is 3. The molecular formula is C24H37FIN7. The highest BCUT2D eigenvalue weighted by molar-refractivity contribution is 14.0.